The minimum Gasteiger partial charge on any atom is -0.489 e. The molecule has 1 aromatic carbocycles. The van der Waals surface area contributed by atoms with Crippen molar-refractivity contribution in [3.8, 4) is 5.75 Å². The van der Waals surface area contributed by atoms with Gasteiger partial charge in [-0.05, 0) is 19.1 Å². The third-order valence-corrected chi connectivity index (χ3v) is 1.30. The summed E-state index contributed by atoms with van der Waals surface area (Å²) in [4.78, 5) is 0. The summed E-state index contributed by atoms with van der Waals surface area (Å²) in [6.07, 6.45) is 1.72. The molecular weight excluding hydrogens is 136 g/mol. The molecule has 1 radical (unpaired) electrons. The van der Waals surface area contributed by atoms with E-state index < -0.39 is 0 Å². The highest BCUT2D eigenvalue weighted by Gasteiger charge is 1.89. The van der Waals surface area contributed by atoms with Gasteiger partial charge in [0.05, 0.1) is 0 Å². The summed E-state index contributed by atoms with van der Waals surface area (Å²) in [5.74, 6) is 0.774. The molecule has 57 valence electrons. The molecule has 0 heterocycles. The van der Waals surface area contributed by atoms with Gasteiger partial charge in [-0.2, -0.15) is 0 Å². The second-order valence-corrected chi connectivity index (χ2v) is 2.33. The summed E-state index contributed by atoms with van der Waals surface area (Å²) in [6.45, 7) is 6.12. The van der Waals surface area contributed by atoms with E-state index in [2.05, 4.69) is 12.6 Å². The van der Waals surface area contributed by atoms with Gasteiger partial charge in [0.25, 0.3) is 0 Å². The van der Waals surface area contributed by atoms with Crippen LogP contribution in [0.2, 0.25) is 0 Å². The van der Waals surface area contributed by atoms with Gasteiger partial charge in [-0.25, -0.2) is 0 Å². The molecule has 0 saturated carbocycles. The highest BCUT2D eigenvalue weighted by Crippen LogP contribution is 2.09. The van der Waals surface area contributed by atoms with E-state index in [1.807, 2.05) is 25.1 Å². The second-order valence-electron chi connectivity index (χ2n) is 2.33. The Morgan fingerprint density at radius 2 is 2.45 bits per heavy atom. The molecule has 0 atom stereocenters. The van der Waals surface area contributed by atoms with Crippen LogP contribution in [0.1, 0.15) is 5.56 Å². The number of hydrogen-bond acceptors (Lipinski definition) is 1. The standard InChI is InChI=1S/C10H11O/c1-3-8-11-10-6-4-9(2)5-7-10/h3-6H,1,8H2,2H3. The first-order valence-electron chi connectivity index (χ1n) is 3.55. The van der Waals surface area contributed by atoms with Gasteiger partial charge < -0.3 is 4.74 Å². The molecule has 0 aliphatic carbocycles. The van der Waals surface area contributed by atoms with Crippen molar-refractivity contribution in [1.29, 1.82) is 0 Å². The molecule has 0 aliphatic rings. The number of ether oxygens (including phenoxy) is 1. The zero-order valence-corrected chi connectivity index (χ0v) is 6.63. The Hall–Kier alpha value is -1.24. The van der Waals surface area contributed by atoms with Crippen LogP contribution in [0, 0.1) is 13.0 Å². The third-order valence-electron chi connectivity index (χ3n) is 1.30. The molecule has 0 amide bonds. The van der Waals surface area contributed by atoms with Crippen LogP contribution in [0.15, 0.2) is 30.9 Å². The van der Waals surface area contributed by atoms with Crippen LogP contribution in [0.5, 0.6) is 5.75 Å². The zero-order valence-electron chi connectivity index (χ0n) is 6.63. The van der Waals surface area contributed by atoms with Gasteiger partial charge in [0.15, 0.2) is 0 Å². The monoisotopic (exact) mass is 147 g/mol. The molecule has 11 heavy (non-hydrogen) atoms. The summed E-state index contributed by atoms with van der Waals surface area (Å²) >= 11 is 0. The maximum Gasteiger partial charge on any atom is 0.127 e. The fraction of sp³-hybridized carbons (Fsp3) is 0.200. The van der Waals surface area contributed by atoms with Gasteiger partial charge in [-0.1, -0.05) is 24.3 Å². The molecule has 0 aromatic heterocycles. The van der Waals surface area contributed by atoms with E-state index in [4.69, 9.17) is 4.74 Å². The Balaban J connectivity index is 2.58. The van der Waals surface area contributed by atoms with Crippen LogP contribution in [-0.2, 0) is 0 Å². The SMILES string of the molecule is C=CCOc1[c]cc(C)cc1. The smallest absolute Gasteiger partial charge is 0.127 e. The van der Waals surface area contributed by atoms with Gasteiger partial charge in [-0.15, -0.1) is 0 Å². The molecule has 0 aliphatic heterocycles. The van der Waals surface area contributed by atoms with E-state index in [1.54, 1.807) is 6.08 Å². The predicted molar refractivity (Wildman–Crippen MR) is 45.7 cm³/mol. The number of hydrogen-bond donors (Lipinski definition) is 0. The summed E-state index contributed by atoms with van der Waals surface area (Å²) in [6, 6.07) is 8.80. The summed E-state index contributed by atoms with van der Waals surface area (Å²) < 4.78 is 5.24. The highest BCUT2D eigenvalue weighted by molar-refractivity contribution is 5.24. The fourth-order valence-electron chi connectivity index (χ4n) is 0.727. The molecule has 0 saturated heterocycles. The molecule has 0 bridgehead atoms. The van der Waals surface area contributed by atoms with Crippen LogP contribution < -0.4 is 4.74 Å². The Bertz CT molecular complexity index is 223. The average Bonchev–Trinajstić information content (AvgIpc) is 2.04. The first kappa shape index (κ1) is 7.86. The lowest BCUT2D eigenvalue weighted by Crippen LogP contribution is -1.92. The molecule has 0 fully saturated rings. The average molecular weight is 147 g/mol. The van der Waals surface area contributed by atoms with Crippen molar-refractivity contribution < 1.29 is 4.74 Å². The number of aryl methyl sites for hydroxylation is 1. The number of rotatable bonds is 3. The predicted octanol–water partition coefficient (Wildman–Crippen LogP) is 2.36. The Kier molecular flexibility index (Phi) is 2.73. The van der Waals surface area contributed by atoms with Crippen molar-refractivity contribution in [2.45, 2.75) is 6.92 Å². The maximum absolute atomic E-state index is 5.24. The minimum atomic E-state index is 0.541. The molecule has 1 nitrogen and oxygen atoms in total. The van der Waals surface area contributed by atoms with Crippen LogP contribution in [0.4, 0.5) is 0 Å². The van der Waals surface area contributed by atoms with E-state index in [9.17, 15) is 0 Å². The lowest BCUT2D eigenvalue weighted by molar-refractivity contribution is 0.362. The molecule has 0 unspecified atom stereocenters. The molecule has 1 aromatic rings. The van der Waals surface area contributed by atoms with Crippen LogP contribution in [0.3, 0.4) is 0 Å². The van der Waals surface area contributed by atoms with Gasteiger partial charge in [-0.3, -0.25) is 0 Å². The van der Waals surface area contributed by atoms with Crippen LogP contribution in [0.25, 0.3) is 0 Å². The van der Waals surface area contributed by atoms with Gasteiger partial charge in [0, 0.05) is 6.07 Å². The fourth-order valence-corrected chi connectivity index (χ4v) is 0.727. The van der Waals surface area contributed by atoms with Crippen molar-refractivity contribution in [2.24, 2.45) is 0 Å². The first-order valence-corrected chi connectivity index (χ1v) is 3.55. The lowest BCUT2D eigenvalue weighted by atomic mass is 10.2. The van der Waals surface area contributed by atoms with Crippen LogP contribution >= 0.6 is 0 Å². The molecule has 0 N–H and O–H groups in total. The molecule has 1 heteroatoms. The summed E-state index contributed by atoms with van der Waals surface area (Å²) in [5, 5.41) is 0. The Morgan fingerprint density at radius 1 is 1.64 bits per heavy atom. The van der Waals surface area contributed by atoms with Gasteiger partial charge in [0.2, 0.25) is 0 Å². The Morgan fingerprint density at radius 3 is 3.00 bits per heavy atom. The Labute approximate surface area is 67.3 Å². The number of benzene rings is 1. The van der Waals surface area contributed by atoms with E-state index in [0.29, 0.717) is 6.61 Å². The van der Waals surface area contributed by atoms with Crippen LogP contribution in [-0.4, -0.2) is 6.61 Å². The quantitative estimate of drug-likeness (QED) is 0.596. The summed E-state index contributed by atoms with van der Waals surface area (Å²) in [7, 11) is 0. The van der Waals surface area contributed by atoms with E-state index in [1.165, 1.54) is 5.56 Å². The highest BCUT2D eigenvalue weighted by atomic mass is 16.5. The summed E-state index contributed by atoms with van der Waals surface area (Å²) in [5.41, 5.74) is 1.19. The van der Waals surface area contributed by atoms with E-state index >= 15 is 0 Å². The van der Waals surface area contributed by atoms with E-state index in [0.717, 1.165) is 5.75 Å². The van der Waals surface area contributed by atoms with Crippen molar-refractivity contribution in [2.75, 3.05) is 6.61 Å². The lowest BCUT2D eigenvalue weighted by Gasteiger charge is -2.01. The maximum atomic E-state index is 5.24. The van der Waals surface area contributed by atoms with E-state index in [-0.39, 0.29) is 0 Å². The van der Waals surface area contributed by atoms with Gasteiger partial charge >= 0.3 is 0 Å². The third kappa shape index (κ3) is 2.46. The zero-order chi connectivity index (χ0) is 8.10. The van der Waals surface area contributed by atoms with Crippen molar-refractivity contribution in [1.82, 2.24) is 0 Å². The van der Waals surface area contributed by atoms with Gasteiger partial charge in [0.1, 0.15) is 12.4 Å². The molecule has 0 spiro atoms. The normalized spacial score (nSPS) is 9.18. The van der Waals surface area contributed by atoms with Crippen molar-refractivity contribution >= 4 is 0 Å². The molecule has 1 rings (SSSR count). The minimum absolute atomic E-state index is 0.541. The van der Waals surface area contributed by atoms with Crippen molar-refractivity contribution in [3.05, 3.63) is 42.5 Å². The molecular formula is C10H11O. The largest absolute Gasteiger partial charge is 0.489 e. The second kappa shape index (κ2) is 3.81. The topological polar surface area (TPSA) is 9.23 Å². The van der Waals surface area contributed by atoms with Crippen molar-refractivity contribution in [3.63, 3.8) is 0 Å². The first-order chi connectivity index (χ1) is 5.33.